The Morgan fingerprint density at radius 1 is 1.39 bits per heavy atom. The van der Waals surface area contributed by atoms with Gasteiger partial charge in [0.05, 0.1) is 17.2 Å². The molecular weight excluding hydrogens is 230 g/mol. The molecule has 0 N–H and O–H groups in total. The van der Waals surface area contributed by atoms with E-state index < -0.39 is 12.1 Å². The lowest BCUT2D eigenvalue weighted by molar-refractivity contribution is -0.129. The Balaban J connectivity index is 2.07. The molecule has 1 atom stereocenters. The normalized spacial score (nSPS) is 19.1. The van der Waals surface area contributed by atoms with Crippen molar-refractivity contribution >= 4 is 11.8 Å². The fraction of sp³-hybridized carbons (Fsp3) is 0.357. The number of carbonyl (C=O) groups is 2. The van der Waals surface area contributed by atoms with Gasteiger partial charge in [-0.25, -0.2) is 4.79 Å². The van der Waals surface area contributed by atoms with Gasteiger partial charge in [0.1, 0.15) is 0 Å². The summed E-state index contributed by atoms with van der Waals surface area (Å²) in [6.45, 7) is 0. The lowest BCUT2D eigenvalue weighted by atomic mass is 9.96. The van der Waals surface area contributed by atoms with Crippen LogP contribution in [-0.2, 0) is 9.53 Å². The van der Waals surface area contributed by atoms with Crippen LogP contribution in [0, 0.1) is 11.3 Å². The molecule has 0 aromatic heterocycles. The summed E-state index contributed by atoms with van der Waals surface area (Å²) in [6, 6.07) is 8.24. The Kier molecular flexibility index (Phi) is 3.73. The van der Waals surface area contributed by atoms with Crippen LogP contribution >= 0.6 is 0 Å². The standard InChI is InChI=1S/C14H13NO3/c15-9-10-4-3-5-11(8-10)14(17)18-13-7-2-1-6-12(13)16/h3-5,8,13H,1-2,6-7H2/t13-/m0/s1. The molecule has 0 unspecified atom stereocenters. The Morgan fingerprint density at radius 3 is 2.94 bits per heavy atom. The monoisotopic (exact) mass is 243 g/mol. The van der Waals surface area contributed by atoms with Crippen molar-refractivity contribution in [3.8, 4) is 6.07 Å². The molecule has 1 saturated carbocycles. The molecule has 1 aliphatic carbocycles. The summed E-state index contributed by atoms with van der Waals surface area (Å²) in [4.78, 5) is 23.4. The Morgan fingerprint density at radius 2 is 2.22 bits per heavy atom. The smallest absolute Gasteiger partial charge is 0.338 e. The van der Waals surface area contributed by atoms with E-state index in [1.165, 1.54) is 6.07 Å². The first-order valence-electron chi connectivity index (χ1n) is 5.94. The maximum atomic E-state index is 11.8. The average molecular weight is 243 g/mol. The van der Waals surface area contributed by atoms with Crippen molar-refractivity contribution in [1.29, 1.82) is 5.26 Å². The number of ketones is 1. The second-order valence-electron chi connectivity index (χ2n) is 4.30. The zero-order valence-corrected chi connectivity index (χ0v) is 9.89. The van der Waals surface area contributed by atoms with E-state index in [1.807, 2.05) is 6.07 Å². The lowest BCUT2D eigenvalue weighted by Gasteiger charge is -2.20. The largest absolute Gasteiger partial charge is 0.451 e. The molecule has 1 aromatic carbocycles. The van der Waals surface area contributed by atoms with Gasteiger partial charge < -0.3 is 4.74 Å². The summed E-state index contributed by atoms with van der Waals surface area (Å²) in [5, 5.41) is 8.75. The SMILES string of the molecule is N#Cc1cccc(C(=O)O[C@H]2CCCCC2=O)c1. The molecule has 4 heteroatoms. The molecule has 1 fully saturated rings. The van der Waals surface area contributed by atoms with Crippen molar-refractivity contribution in [3.63, 3.8) is 0 Å². The molecule has 0 bridgehead atoms. The first kappa shape index (κ1) is 12.3. The number of hydrogen-bond donors (Lipinski definition) is 0. The minimum absolute atomic E-state index is 0.00830. The van der Waals surface area contributed by atoms with Gasteiger partial charge in [-0.05, 0) is 37.5 Å². The van der Waals surface area contributed by atoms with Gasteiger partial charge in [0.25, 0.3) is 0 Å². The molecule has 1 aromatic rings. The van der Waals surface area contributed by atoms with Crippen molar-refractivity contribution in [1.82, 2.24) is 0 Å². The van der Waals surface area contributed by atoms with Crippen molar-refractivity contribution in [2.75, 3.05) is 0 Å². The van der Waals surface area contributed by atoms with Crippen molar-refractivity contribution in [2.24, 2.45) is 0 Å². The maximum Gasteiger partial charge on any atom is 0.338 e. The molecule has 0 aliphatic heterocycles. The third kappa shape index (κ3) is 2.75. The second-order valence-corrected chi connectivity index (χ2v) is 4.30. The van der Waals surface area contributed by atoms with Gasteiger partial charge >= 0.3 is 5.97 Å². The number of hydrogen-bond acceptors (Lipinski definition) is 4. The zero-order valence-electron chi connectivity index (χ0n) is 9.89. The zero-order chi connectivity index (χ0) is 13.0. The highest BCUT2D eigenvalue weighted by atomic mass is 16.5. The molecule has 0 saturated heterocycles. The van der Waals surface area contributed by atoms with E-state index >= 15 is 0 Å². The number of Topliss-reactive ketones (excluding diaryl/α,β-unsaturated/α-hetero) is 1. The molecule has 92 valence electrons. The summed E-state index contributed by atoms with van der Waals surface area (Å²) in [5.74, 6) is -0.543. The number of benzene rings is 1. The van der Waals surface area contributed by atoms with Gasteiger partial charge in [-0.1, -0.05) is 6.07 Å². The highest BCUT2D eigenvalue weighted by molar-refractivity contribution is 5.93. The van der Waals surface area contributed by atoms with E-state index in [0.29, 0.717) is 24.0 Å². The van der Waals surface area contributed by atoms with Crippen molar-refractivity contribution in [2.45, 2.75) is 31.8 Å². The Labute approximate surface area is 105 Å². The molecule has 4 nitrogen and oxygen atoms in total. The van der Waals surface area contributed by atoms with Gasteiger partial charge in [0.2, 0.25) is 0 Å². The number of carbonyl (C=O) groups excluding carboxylic acids is 2. The molecule has 2 rings (SSSR count). The molecule has 0 amide bonds. The predicted molar refractivity (Wildman–Crippen MR) is 63.8 cm³/mol. The first-order valence-corrected chi connectivity index (χ1v) is 5.94. The van der Waals surface area contributed by atoms with Crippen LogP contribution in [0.2, 0.25) is 0 Å². The number of nitriles is 1. The van der Waals surface area contributed by atoms with E-state index in [-0.39, 0.29) is 5.78 Å². The number of rotatable bonds is 2. The summed E-state index contributed by atoms with van der Waals surface area (Å²) in [5.41, 5.74) is 0.715. The van der Waals surface area contributed by atoms with Crippen LogP contribution in [0.1, 0.15) is 41.6 Å². The van der Waals surface area contributed by atoms with Gasteiger partial charge in [0, 0.05) is 6.42 Å². The molecule has 0 spiro atoms. The van der Waals surface area contributed by atoms with E-state index in [4.69, 9.17) is 10.00 Å². The lowest BCUT2D eigenvalue weighted by Crippen LogP contribution is -2.30. The molecule has 1 aliphatic rings. The quantitative estimate of drug-likeness (QED) is 0.747. The van der Waals surface area contributed by atoms with Crippen LogP contribution in [0.25, 0.3) is 0 Å². The molecular formula is C14H13NO3. The van der Waals surface area contributed by atoms with Gasteiger partial charge in [0.15, 0.2) is 11.9 Å². The van der Waals surface area contributed by atoms with E-state index in [9.17, 15) is 9.59 Å². The summed E-state index contributed by atoms with van der Waals surface area (Å²) in [7, 11) is 0. The van der Waals surface area contributed by atoms with Gasteiger partial charge in [-0.15, -0.1) is 0 Å². The highest BCUT2D eigenvalue weighted by Gasteiger charge is 2.26. The Hall–Kier alpha value is -2.15. The van der Waals surface area contributed by atoms with Crippen molar-refractivity contribution < 1.29 is 14.3 Å². The Bertz CT molecular complexity index is 516. The number of nitrogens with zero attached hydrogens (tertiary/aromatic N) is 1. The summed E-state index contributed by atoms with van der Waals surface area (Å²) in [6.07, 6.45) is 2.24. The molecule has 0 radical (unpaired) electrons. The van der Waals surface area contributed by atoms with Crippen LogP contribution < -0.4 is 0 Å². The van der Waals surface area contributed by atoms with Gasteiger partial charge in [-0.3, -0.25) is 4.79 Å². The third-order valence-electron chi connectivity index (χ3n) is 2.98. The van der Waals surface area contributed by atoms with Crippen LogP contribution in [0.4, 0.5) is 0 Å². The topological polar surface area (TPSA) is 67.2 Å². The maximum absolute atomic E-state index is 11.8. The second kappa shape index (κ2) is 5.46. The fourth-order valence-corrected chi connectivity index (χ4v) is 1.99. The average Bonchev–Trinajstić information content (AvgIpc) is 2.41. The van der Waals surface area contributed by atoms with E-state index in [0.717, 1.165) is 12.8 Å². The minimum Gasteiger partial charge on any atom is -0.451 e. The predicted octanol–water partition coefficient (Wildman–Crippen LogP) is 2.23. The minimum atomic E-state index is -0.614. The molecule has 0 heterocycles. The van der Waals surface area contributed by atoms with Crippen LogP contribution in [0.3, 0.4) is 0 Å². The summed E-state index contributed by atoms with van der Waals surface area (Å²) < 4.78 is 5.19. The third-order valence-corrected chi connectivity index (χ3v) is 2.98. The van der Waals surface area contributed by atoms with E-state index in [1.54, 1.807) is 18.2 Å². The fourth-order valence-electron chi connectivity index (χ4n) is 1.99. The van der Waals surface area contributed by atoms with E-state index in [2.05, 4.69) is 0 Å². The highest BCUT2D eigenvalue weighted by Crippen LogP contribution is 2.19. The summed E-state index contributed by atoms with van der Waals surface area (Å²) >= 11 is 0. The van der Waals surface area contributed by atoms with Gasteiger partial charge in [-0.2, -0.15) is 5.26 Å². The van der Waals surface area contributed by atoms with Crippen molar-refractivity contribution in [3.05, 3.63) is 35.4 Å². The number of ether oxygens (including phenoxy) is 1. The molecule has 18 heavy (non-hydrogen) atoms. The van der Waals surface area contributed by atoms with Crippen LogP contribution in [-0.4, -0.2) is 17.9 Å². The number of esters is 1. The van der Waals surface area contributed by atoms with Crippen LogP contribution in [0.5, 0.6) is 0 Å². The van der Waals surface area contributed by atoms with Crippen LogP contribution in [0.15, 0.2) is 24.3 Å². The first-order chi connectivity index (χ1) is 8.70.